The first-order valence-corrected chi connectivity index (χ1v) is 10.3. The molecule has 178 valence electrons. The third-order valence-electron chi connectivity index (χ3n) is 4.73. The lowest BCUT2D eigenvalue weighted by atomic mass is 10.2. The van der Waals surface area contributed by atoms with Gasteiger partial charge in [-0.05, 0) is 38.3 Å². The minimum absolute atomic E-state index is 0.0109. The zero-order chi connectivity index (χ0) is 24.0. The fourth-order valence-electron chi connectivity index (χ4n) is 3.09. The van der Waals surface area contributed by atoms with E-state index in [4.69, 9.17) is 14.6 Å². The van der Waals surface area contributed by atoms with Crippen LogP contribution in [0.2, 0.25) is 0 Å². The van der Waals surface area contributed by atoms with E-state index in [9.17, 15) is 18.0 Å². The topological polar surface area (TPSA) is 104 Å². The molecule has 0 aliphatic heterocycles. The van der Waals surface area contributed by atoms with Crippen molar-refractivity contribution in [3.05, 3.63) is 47.4 Å². The second kappa shape index (κ2) is 10.4. The van der Waals surface area contributed by atoms with Crippen LogP contribution in [0.5, 0.6) is 11.8 Å². The molecule has 0 unspecified atom stereocenters. The van der Waals surface area contributed by atoms with E-state index in [1.807, 2.05) is 6.92 Å². The van der Waals surface area contributed by atoms with Crippen LogP contribution < -0.4 is 9.47 Å². The van der Waals surface area contributed by atoms with Gasteiger partial charge in [-0.15, -0.1) is 10.2 Å². The number of hydrogen-bond acceptors (Lipinski definition) is 6. The van der Waals surface area contributed by atoms with Crippen molar-refractivity contribution in [3.8, 4) is 17.6 Å². The first kappa shape index (κ1) is 24.1. The summed E-state index contributed by atoms with van der Waals surface area (Å²) in [4.78, 5) is 14.6. The van der Waals surface area contributed by atoms with Gasteiger partial charge in [-0.1, -0.05) is 0 Å². The molecule has 0 atom stereocenters. The number of rotatable bonds is 11. The van der Waals surface area contributed by atoms with Crippen molar-refractivity contribution in [3.63, 3.8) is 0 Å². The lowest BCUT2D eigenvalue weighted by molar-refractivity contribution is -0.138. The molecule has 33 heavy (non-hydrogen) atoms. The quantitative estimate of drug-likeness (QED) is 0.431. The minimum Gasteiger partial charge on any atom is -0.481 e. The molecule has 9 nitrogen and oxygen atoms in total. The molecule has 0 aliphatic carbocycles. The molecule has 0 spiro atoms. The van der Waals surface area contributed by atoms with Crippen LogP contribution in [0.4, 0.5) is 13.2 Å². The van der Waals surface area contributed by atoms with Gasteiger partial charge < -0.3 is 14.6 Å². The largest absolute Gasteiger partial charge is 0.481 e. The lowest BCUT2D eigenvalue weighted by Crippen LogP contribution is -2.07. The van der Waals surface area contributed by atoms with E-state index in [-0.39, 0.29) is 12.2 Å². The molecule has 3 heterocycles. The van der Waals surface area contributed by atoms with Gasteiger partial charge in [0.15, 0.2) is 5.82 Å². The number of carboxylic acids is 1. The zero-order valence-electron chi connectivity index (χ0n) is 18.2. The summed E-state index contributed by atoms with van der Waals surface area (Å²) in [6.45, 7) is 2.55. The first-order valence-electron chi connectivity index (χ1n) is 10.3. The number of nitrogens with zero attached hydrogens (tertiary/aromatic N) is 5. The van der Waals surface area contributed by atoms with Crippen LogP contribution >= 0.6 is 0 Å². The fraction of sp³-hybridized carbons (Fsp3) is 0.429. The number of hydrogen-bond donors (Lipinski definition) is 1. The van der Waals surface area contributed by atoms with Gasteiger partial charge in [0.25, 0.3) is 0 Å². The van der Waals surface area contributed by atoms with E-state index in [1.165, 1.54) is 10.7 Å². The Morgan fingerprint density at radius 1 is 1.18 bits per heavy atom. The van der Waals surface area contributed by atoms with Crippen LogP contribution in [0.25, 0.3) is 5.82 Å². The molecular formula is C21H24F3N5O4. The predicted octanol–water partition coefficient (Wildman–Crippen LogP) is 3.45. The van der Waals surface area contributed by atoms with Crippen molar-refractivity contribution >= 4 is 5.97 Å². The fourth-order valence-corrected chi connectivity index (χ4v) is 3.09. The Morgan fingerprint density at radius 3 is 2.61 bits per heavy atom. The Balaban J connectivity index is 1.60. The van der Waals surface area contributed by atoms with Gasteiger partial charge in [0.1, 0.15) is 0 Å². The Morgan fingerprint density at radius 2 is 1.97 bits per heavy atom. The van der Waals surface area contributed by atoms with Gasteiger partial charge in [0.05, 0.1) is 25.2 Å². The first-order chi connectivity index (χ1) is 15.7. The van der Waals surface area contributed by atoms with Gasteiger partial charge in [-0.3, -0.25) is 9.48 Å². The predicted molar refractivity (Wildman–Crippen MR) is 111 cm³/mol. The van der Waals surface area contributed by atoms with Gasteiger partial charge in [-0.2, -0.15) is 13.2 Å². The van der Waals surface area contributed by atoms with Crippen molar-refractivity contribution in [2.75, 3.05) is 13.2 Å². The summed E-state index contributed by atoms with van der Waals surface area (Å²) in [6, 6.07) is 3.92. The number of halogens is 3. The standard InChI is InChI=1S/C21H24F3N5O4/c1-3-32-20-14(13-29(27-20)17-8-6-15(12-25-17)21(22,23)24)5-4-10-33-18-11-16(28(2)26-18)7-9-19(30)31/h6,8,11-13H,3-5,7,9-10H2,1-2H3,(H,30,31). The Hall–Kier alpha value is -3.57. The number of aromatic nitrogens is 5. The van der Waals surface area contributed by atoms with Crippen molar-refractivity contribution in [1.82, 2.24) is 24.5 Å². The molecule has 3 aromatic rings. The van der Waals surface area contributed by atoms with Crippen LogP contribution in [-0.4, -0.2) is 48.8 Å². The van der Waals surface area contributed by atoms with Crippen molar-refractivity contribution in [2.45, 2.75) is 38.8 Å². The van der Waals surface area contributed by atoms with E-state index in [2.05, 4.69) is 15.2 Å². The van der Waals surface area contributed by atoms with Crippen LogP contribution in [0.1, 0.15) is 36.6 Å². The van der Waals surface area contributed by atoms with E-state index in [0.717, 1.165) is 23.5 Å². The Kier molecular flexibility index (Phi) is 7.56. The molecule has 0 radical (unpaired) electrons. The molecule has 0 bridgehead atoms. The average Bonchev–Trinajstić information content (AvgIpc) is 3.32. The highest BCUT2D eigenvalue weighted by Crippen LogP contribution is 2.29. The van der Waals surface area contributed by atoms with Crippen LogP contribution in [-0.2, 0) is 30.9 Å². The lowest BCUT2D eigenvalue weighted by Gasteiger charge is -2.06. The zero-order valence-corrected chi connectivity index (χ0v) is 18.2. The molecule has 0 saturated carbocycles. The smallest absolute Gasteiger partial charge is 0.417 e. The molecule has 0 aromatic carbocycles. The summed E-state index contributed by atoms with van der Waals surface area (Å²) in [7, 11) is 1.72. The molecular weight excluding hydrogens is 443 g/mol. The van der Waals surface area contributed by atoms with Crippen molar-refractivity contribution in [2.24, 2.45) is 7.05 Å². The third kappa shape index (κ3) is 6.46. The van der Waals surface area contributed by atoms with Crippen LogP contribution in [0, 0.1) is 0 Å². The van der Waals surface area contributed by atoms with E-state index in [0.29, 0.717) is 44.2 Å². The average molecular weight is 467 g/mol. The van der Waals surface area contributed by atoms with Gasteiger partial charge in [0, 0.05) is 36.8 Å². The van der Waals surface area contributed by atoms with E-state index in [1.54, 1.807) is 24.0 Å². The Labute approximate surface area is 187 Å². The molecule has 1 N–H and O–H groups in total. The summed E-state index contributed by atoms with van der Waals surface area (Å²) in [5.74, 6) is 0.158. The molecule has 0 fully saturated rings. The second-order valence-electron chi connectivity index (χ2n) is 7.18. The number of pyridine rings is 1. The maximum atomic E-state index is 12.8. The SMILES string of the molecule is CCOc1nn(-c2ccc(C(F)(F)F)cn2)cc1CCCOc1cc(CCC(=O)O)n(C)n1. The van der Waals surface area contributed by atoms with E-state index < -0.39 is 17.7 Å². The summed E-state index contributed by atoms with van der Waals surface area (Å²) in [5, 5.41) is 17.3. The normalized spacial score (nSPS) is 11.5. The van der Waals surface area contributed by atoms with Crippen LogP contribution in [0.15, 0.2) is 30.6 Å². The highest BCUT2D eigenvalue weighted by Gasteiger charge is 2.30. The third-order valence-corrected chi connectivity index (χ3v) is 4.73. The molecule has 12 heteroatoms. The summed E-state index contributed by atoms with van der Waals surface area (Å²) in [6.07, 6.45) is -0.494. The van der Waals surface area contributed by atoms with E-state index >= 15 is 0 Å². The number of ether oxygens (including phenoxy) is 2. The number of aliphatic carboxylic acids is 1. The molecule has 0 amide bonds. The van der Waals surface area contributed by atoms with Crippen molar-refractivity contribution < 1.29 is 32.5 Å². The van der Waals surface area contributed by atoms with Gasteiger partial charge in [-0.25, -0.2) is 9.67 Å². The second-order valence-corrected chi connectivity index (χ2v) is 7.18. The summed E-state index contributed by atoms with van der Waals surface area (Å²) < 4.78 is 52.5. The molecule has 3 rings (SSSR count). The number of carbonyl (C=O) groups is 1. The maximum Gasteiger partial charge on any atom is 0.417 e. The van der Waals surface area contributed by atoms with Crippen LogP contribution in [0.3, 0.4) is 0 Å². The maximum absolute atomic E-state index is 12.8. The van der Waals surface area contributed by atoms with Gasteiger partial charge in [0.2, 0.25) is 11.8 Å². The molecule has 0 aliphatic rings. The molecule has 3 aromatic heterocycles. The molecule has 0 saturated heterocycles. The monoisotopic (exact) mass is 467 g/mol. The van der Waals surface area contributed by atoms with Crippen molar-refractivity contribution in [1.29, 1.82) is 0 Å². The summed E-state index contributed by atoms with van der Waals surface area (Å²) >= 11 is 0. The Bertz CT molecular complexity index is 1080. The number of carboxylic acid groups (broad SMARTS) is 1. The van der Waals surface area contributed by atoms with Gasteiger partial charge >= 0.3 is 12.1 Å². The number of aryl methyl sites for hydroxylation is 3. The highest BCUT2D eigenvalue weighted by molar-refractivity contribution is 5.67. The summed E-state index contributed by atoms with van der Waals surface area (Å²) in [5.41, 5.74) is 0.697. The minimum atomic E-state index is -4.46. The highest BCUT2D eigenvalue weighted by atomic mass is 19.4. The number of alkyl halides is 3.